The van der Waals surface area contributed by atoms with Gasteiger partial charge in [0.2, 0.25) is 0 Å². The largest absolute Gasteiger partial charge is 0.354 e. The van der Waals surface area contributed by atoms with Crippen molar-refractivity contribution in [2.75, 3.05) is 0 Å². The highest BCUT2D eigenvalue weighted by Gasteiger charge is 2.01. The predicted octanol–water partition coefficient (Wildman–Crippen LogP) is 2.55. The maximum absolute atomic E-state index is 5.77. The minimum atomic E-state index is 0.153. The topological polar surface area (TPSA) is 30.9 Å². The molecule has 1 unspecified atom stereocenters. The van der Waals surface area contributed by atoms with E-state index in [2.05, 4.69) is 36.9 Å². The fraction of sp³-hybridized carbons (Fsp3) is 0.636. The zero-order valence-electron chi connectivity index (χ0n) is 8.83. The van der Waals surface area contributed by atoms with Gasteiger partial charge >= 0.3 is 0 Å². The van der Waals surface area contributed by atoms with Crippen LogP contribution in [0.1, 0.15) is 38.8 Å². The van der Waals surface area contributed by atoms with Gasteiger partial charge < -0.3 is 10.3 Å². The maximum atomic E-state index is 5.77. The fourth-order valence-electron chi connectivity index (χ4n) is 1.28. The molecule has 0 amide bonds. The van der Waals surface area contributed by atoms with E-state index in [0.717, 1.165) is 12.5 Å². The second-order valence-corrected chi connectivity index (χ2v) is 4.15. The smallest absolute Gasteiger partial charge is 0.0281 e. The summed E-state index contributed by atoms with van der Waals surface area (Å²) in [6.07, 6.45) is 5.49. The van der Waals surface area contributed by atoms with Crippen LogP contribution in [0.4, 0.5) is 0 Å². The van der Waals surface area contributed by atoms with E-state index in [4.69, 9.17) is 5.73 Å². The van der Waals surface area contributed by atoms with E-state index in [1.54, 1.807) is 0 Å². The molecule has 1 aromatic rings. The zero-order chi connectivity index (χ0) is 9.84. The van der Waals surface area contributed by atoms with Crippen molar-refractivity contribution < 1.29 is 0 Å². The summed E-state index contributed by atoms with van der Waals surface area (Å²) in [5.41, 5.74) is 7.00. The van der Waals surface area contributed by atoms with E-state index in [1.807, 2.05) is 6.92 Å². The Morgan fingerprint density at radius 3 is 2.54 bits per heavy atom. The third-order valence-corrected chi connectivity index (χ3v) is 2.26. The second kappa shape index (κ2) is 4.47. The highest BCUT2D eigenvalue weighted by molar-refractivity contribution is 5.13. The SMILES string of the molecule is CC(C)CCn1ccc(C(C)N)c1. The minimum absolute atomic E-state index is 0.153. The van der Waals surface area contributed by atoms with Crippen molar-refractivity contribution in [2.45, 2.75) is 39.8 Å². The third-order valence-electron chi connectivity index (χ3n) is 2.26. The molecule has 0 aliphatic carbocycles. The molecular formula is C11H20N2. The molecule has 0 saturated heterocycles. The monoisotopic (exact) mass is 180 g/mol. The fourth-order valence-corrected chi connectivity index (χ4v) is 1.28. The van der Waals surface area contributed by atoms with Gasteiger partial charge in [0.05, 0.1) is 0 Å². The molecule has 0 bridgehead atoms. The molecule has 1 rings (SSSR count). The lowest BCUT2D eigenvalue weighted by molar-refractivity contribution is 0.516. The molecule has 13 heavy (non-hydrogen) atoms. The summed E-state index contributed by atoms with van der Waals surface area (Å²) in [6.45, 7) is 7.61. The second-order valence-electron chi connectivity index (χ2n) is 4.15. The Hall–Kier alpha value is -0.760. The van der Waals surface area contributed by atoms with Crippen LogP contribution in [0.15, 0.2) is 18.5 Å². The number of nitrogens with zero attached hydrogens (tertiary/aromatic N) is 1. The lowest BCUT2D eigenvalue weighted by Gasteiger charge is -2.05. The Bertz CT molecular complexity index is 248. The van der Waals surface area contributed by atoms with Crippen molar-refractivity contribution in [1.29, 1.82) is 0 Å². The first-order valence-electron chi connectivity index (χ1n) is 5.01. The molecule has 0 aliphatic rings. The lowest BCUT2D eigenvalue weighted by Crippen LogP contribution is -2.04. The lowest BCUT2D eigenvalue weighted by atomic mass is 10.1. The Labute approximate surface area is 80.7 Å². The van der Waals surface area contributed by atoms with Gasteiger partial charge in [-0.05, 0) is 30.9 Å². The van der Waals surface area contributed by atoms with E-state index < -0.39 is 0 Å². The van der Waals surface area contributed by atoms with Gasteiger partial charge in [-0.1, -0.05) is 13.8 Å². The predicted molar refractivity (Wildman–Crippen MR) is 56.5 cm³/mol. The van der Waals surface area contributed by atoms with Crippen LogP contribution in [0.2, 0.25) is 0 Å². The van der Waals surface area contributed by atoms with Crippen molar-refractivity contribution in [3.05, 3.63) is 24.0 Å². The van der Waals surface area contributed by atoms with Crippen LogP contribution in [-0.4, -0.2) is 4.57 Å². The van der Waals surface area contributed by atoms with Crippen LogP contribution in [0.3, 0.4) is 0 Å². The van der Waals surface area contributed by atoms with Gasteiger partial charge in [0.15, 0.2) is 0 Å². The molecule has 0 aromatic carbocycles. The summed E-state index contributed by atoms with van der Waals surface area (Å²) < 4.78 is 2.22. The number of nitrogens with two attached hydrogens (primary N) is 1. The van der Waals surface area contributed by atoms with Gasteiger partial charge in [0, 0.05) is 25.0 Å². The molecule has 74 valence electrons. The normalized spacial score (nSPS) is 13.6. The first kappa shape index (κ1) is 10.3. The Morgan fingerprint density at radius 2 is 2.08 bits per heavy atom. The zero-order valence-corrected chi connectivity index (χ0v) is 8.83. The molecule has 0 aliphatic heterocycles. The van der Waals surface area contributed by atoms with Crippen LogP contribution < -0.4 is 5.73 Å². The number of aryl methyl sites for hydroxylation is 1. The van der Waals surface area contributed by atoms with Crippen LogP contribution in [0.25, 0.3) is 0 Å². The molecular weight excluding hydrogens is 160 g/mol. The van der Waals surface area contributed by atoms with Gasteiger partial charge in [0.25, 0.3) is 0 Å². The summed E-state index contributed by atoms with van der Waals surface area (Å²) in [5.74, 6) is 0.765. The Kier molecular flexibility index (Phi) is 3.55. The molecule has 2 nitrogen and oxygen atoms in total. The molecule has 1 atom stereocenters. The summed E-state index contributed by atoms with van der Waals surface area (Å²) >= 11 is 0. The molecule has 2 N–H and O–H groups in total. The van der Waals surface area contributed by atoms with E-state index >= 15 is 0 Å². The molecule has 0 saturated carbocycles. The highest BCUT2D eigenvalue weighted by Crippen LogP contribution is 2.11. The highest BCUT2D eigenvalue weighted by atomic mass is 14.9. The standard InChI is InChI=1S/C11H20N2/c1-9(2)4-6-13-7-5-11(8-13)10(3)12/h5,7-10H,4,6,12H2,1-3H3. The van der Waals surface area contributed by atoms with Crippen molar-refractivity contribution in [3.8, 4) is 0 Å². The van der Waals surface area contributed by atoms with Crippen LogP contribution in [0.5, 0.6) is 0 Å². The van der Waals surface area contributed by atoms with Gasteiger partial charge in [-0.15, -0.1) is 0 Å². The van der Waals surface area contributed by atoms with Crippen LogP contribution in [0, 0.1) is 5.92 Å². The van der Waals surface area contributed by atoms with Gasteiger partial charge in [0.1, 0.15) is 0 Å². The van der Waals surface area contributed by atoms with E-state index in [-0.39, 0.29) is 6.04 Å². The van der Waals surface area contributed by atoms with Crippen LogP contribution >= 0.6 is 0 Å². The molecule has 0 spiro atoms. The van der Waals surface area contributed by atoms with Gasteiger partial charge in [-0.25, -0.2) is 0 Å². The average molecular weight is 180 g/mol. The number of rotatable bonds is 4. The number of hydrogen-bond donors (Lipinski definition) is 1. The van der Waals surface area contributed by atoms with Gasteiger partial charge in [-0.2, -0.15) is 0 Å². The van der Waals surface area contributed by atoms with E-state index in [0.29, 0.717) is 0 Å². The molecule has 2 heteroatoms. The van der Waals surface area contributed by atoms with Crippen molar-refractivity contribution in [2.24, 2.45) is 11.7 Å². The maximum Gasteiger partial charge on any atom is 0.0281 e. The summed E-state index contributed by atoms with van der Waals surface area (Å²) in [7, 11) is 0. The quantitative estimate of drug-likeness (QED) is 0.758. The summed E-state index contributed by atoms with van der Waals surface area (Å²) in [4.78, 5) is 0. The summed E-state index contributed by atoms with van der Waals surface area (Å²) in [6, 6.07) is 2.26. The van der Waals surface area contributed by atoms with E-state index in [9.17, 15) is 0 Å². The third kappa shape index (κ3) is 3.23. The molecule has 0 radical (unpaired) electrons. The first-order valence-corrected chi connectivity index (χ1v) is 5.01. The minimum Gasteiger partial charge on any atom is -0.354 e. The first-order chi connectivity index (χ1) is 6.09. The average Bonchev–Trinajstić information content (AvgIpc) is 2.48. The Morgan fingerprint density at radius 1 is 1.38 bits per heavy atom. The van der Waals surface area contributed by atoms with Crippen molar-refractivity contribution in [1.82, 2.24) is 4.57 Å². The Balaban J connectivity index is 2.49. The van der Waals surface area contributed by atoms with Crippen molar-refractivity contribution >= 4 is 0 Å². The van der Waals surface area contributed by atoms with E-state index in [1.165, 1.54) is 12.0 Å². The number of hydrogen-bond acceptors (Lipinski definition) is 1. The van der Waals surface area contributed by atoms with Gasteiger partial charge in [-0.3, -0.25) is 0 Å². The molecule has 0 fully saturated rings. The summed E-state index contributed by atoms with van der Waals surface area (Å²) in [5, 5.41) is 0. The molecule has 1 heterocycles. The number of aromatic nitrogens is 1. The van der Waals surface area contributed by atoms with Crippen LogP contribution in [-0.2, 0) is 6.54 Å². The molecule has 1 aromatic heterocycles. The van der Waals surface area contributed by atoms with Crippen molar-refractivity contribution in [3.63, 3.8) is 0 Å².